The van der Waals surface area contributed by atoms with Crippen molar-refractivity contribution in [2.75, 3.05) is 31.6 Å². The number of amides is 2. The number of ether oxygens (including phenoxy) is 1. The summed E-state index contributed by atoms with van der Waals surface area (Å²) in [6.45, 7) is -0.245. The van der Waals surface area contributed by atoms with E-state index in [0.29, 0.717) is 0 Å². The third-order valence-electron chi connectivity index (χ3n) is 4.18. The van der Waals surface area contributed by atoms with Gasteiger partial charge in [0.25, 0.3) is 11.6 Å². The number of carbonyl (C=O) groups is 2. The largest absolute Gasteiger partial charge is 0.484 e. The molecule has 0 spiro atoms. The van der Waals surface area contributed by atoms with Crippen LogP contribution < -0.4 is 15.4 Å². The molecule has 0 unspecified atom stereocenters. The van der Waals surface area contributed by atoms with E-state index >= 15 is 0 Å². The van der Waals surface area contributed by atoms with Gasteiger partial charge in [0.05, 0.1) is 16.4 Å². The normalized spacial score (nSPS) is 14.6. The number of nitro groups is 1. The van der Waals surface area contributed by atoms with Gasteiger partial charge in [0, 0.05) is 30.9 Å². The maximum absolute atomic E-state index is 12.7. The highest BCUT2D eigenvalue weighted by Crippen LogP contribution is 2.21. The average molecular weight is 434 g/mol. The molecule has 2 amide bonds. The number of non-ortho nitro benzene ring substituents is 1. The quantitative estimate of drug-likeness (QED) is 0.482. The van der Waals surface area contributed by atoms with Gasteiger partial charge >= 0.3 is 0 Å². The second-order valence-corrected chi connectivity index (χ2v) is 8.24. The average Bonchev–Trinajstić information content (AvgIpc) is 2.73. The Morgan fingerprint density at radius 3 is 2.63 bits per heavy atom. The highest BCUT2D eigenvalue weighted by Gasteiger charge is 2.29. The molecule has 0 bridgehead atoms. The van der Waals surface area contributed by atoms with Crippen molar-refractivity contribution in [2.24, 2.45) is 0 Å². The van der Waals surface area contributed by atoms with Crippen molar-refractivity contribution in [3.8, 4) is 5.75 Å². The number of anilines is 1. The first-order valence-corrected chi connectivity index (χ1v) is 10.2. The van der Waals surface area contributed by atoms with Crippen LogP contribution in [-0.4, -0.2) is 55.7 Å². The van der Waals surface area contributed by atoms with Crippen LogP contribution >= 0.6 is 0 Å². The highest BCUT2D eigenvalue weighted by atomic mass is 32.2. The molecular weight excluding hydrogens is 416 g/mol. The minimum atomic E-state index is -3.88. The summed E-state index contributed by atoms with van der Waals surface area (Å²) >= 11 is 0. The smallest absolute Gasteiger partial charge is 0.269 e. The Kier molecular flexibility index (Phi) is 6.28. The number of sulfonamides is 1. The van der Waals surface area contributed by atoms with E-state index in [9.17, 15) is 28.1 Å². The number of rotatable bonds is 7. The van der Waals surface area contributed by atoms with Gasteiger partial charge in [-0.2, -0.15) is 4.31 Å². The summed E-state index contributed by atoms with van der Waals surface area (Å²) in [5, 5.41) is 15.7. The van der Waals surface area contributed by atoms with Crippen LogP contribution in [0.2, 0.25) is 0 Å². The second-order valence-electron chi connectivity index (χ2n) is 6.30. The molecule has 3 rings (SSSR count). The molecule has 2 N–H and O–H groups in total. The number of piperazine rings is 1. The number of hydrogen-bond acceptors (Lipinski definition) is 7. The van der Waals surface area contributed by atoms with Gasteiger partial charge in [-0.1, -0.05) is 6.07 Å². The van der Waals surface area contributed by atoms with E-state index in [2.05, 4.69) is 10.6 Å². The molecule has 12 heteroatoms. The lowest BCUT2D eigenvalue weighted by molar-refractivity contribution is -0.384. The van der Waals surface area contributed by atoms with Crippen molar-refractivity contribution in [1.82, 2.24) is 9.62 Å². The van der Waals surface area contributed by atoms with Gasteiger partial charge in [-0.05, 0) is 30.3 Å². The maximum Gasteiger partial charge on any atom is 0.269 e. The summed E-state index contributed by atoms with van der Waals surface area (Å²) in [6, 6.07) is 10.9. The van der Waals surface area contributed by atoms with E-state index in [1.54, 1.807) is 0 Å². The zero-order valence-corrected chi connectivity index (χ0v) is 16.4. The molecule has 0 aliphatic carbocycles. The van der Waals surface area contributed by atoms with Crippen LogP contribution in [0.25, 0.3) is 0 Å². The van der Waals surface area contributed by atoms with Gasteiger partial charge in [0.2, 0.25) is 15.9 Å². The van der Waals surface area contributed by atoms with E-state index in [1.165, 1.54) is 48.5 Å². The summed E-state index contributed by atoms with van der Waals surface area (Å²) in [6.07, 6.45) is 0. The van der Waals surface area contributed by atoms with Crippen molar-refractivity contribution in [1.29, 1.82) is 0 Å². The molecule has 1 heterocycles. The standard InChI is InChI=1S/C18H18N4O7S/c23-17-11-21(9-8-19-17)30(27,28)16-3-1-2-13(10-16)20-18(24)12-29-15-6-4-14(5-7-15)22(25)26/h1-7,10H,8-9,11-12H2,(H,19,23)(H,20,24). The Morgan fingerprint density at radius 1 is 1.23 bits per heavy atom. The van der Waals surface area contributed by atoms with E-state index < -0.39 is 20.9 Å². The minimum Gasteiger partial charge on any atom is -0.484 e. The molecular formula is C18H18N4O7S. The first-order valence-electron chi connectivity index (χ1n) is 8.80. The summed E-state index contributed by atoms with van der Waals surface area (Å²) in [4.78, 5) is 33.6. The van der Waals surface area contributed by atoms with Gasteiger partial charge in [-0.15, -0.1) is 0 Å². The number of carbonyl (C=O) groups excluding carboxylic acids is 2. The summed E-state index contributed by atoms with van der Waals surface area (Å²) in [5.74, 6) is -0.645. The molecule has 0 aromatic heterocycles. The molecule has 1 aliphatic heterocycles. The predicted octanol–water partition coefficient (Wildman–Crippen LogP) is 0.733. The van der Waals surface area contributed by atoms with Crippen molar-refractivity contribution < 1.29 is 27.7 Å². The molecule has 11 nitrogen and oxygen atoms in total. The Bertz CT molecular complexity index is 1070. The summed E-state index contributed by atoms with van der Waals surface area (Å²) in [7, 11) is -3.88. The minimum absolute atomic E-state index is 0.0497. The fraction of sp³-hybridized carbons (Fsp3) is 0.222. The Hall–Kier alpha value is -3.51. The number of hydrogen-bond donors (Lipinski definition) is 2. The maximum atomic E-state index is 12.7. The van der Waals surface area contributed by atoms with Crippen molar-refractivity contribution >= 4 is 33.2 Å². The van der Waals surface area contributed by atoms with E-state index in [0.717, 1.165) is 4.31 Å². The lowest BCUT2D eigenvalue weighted by Crippen LogP contribution is -2.49. The van der Waals surface area contributed by atoms with Crippen LogP contribution in [0.15, 0.2) is 53.4 Å². The number of nitrogens with zero attached hydrogens (tertiary/aromatic N) is 2. The molecule has 158 valence electrons. The van der Waals surface area contributed by atoms with Gasteiger partial charge in [0.1, 0.15) is 5.75 Å². The molecule has 1 fully saturated rings. The molecule has 2 aromatic carbocycles. The summed E-state index contributed by atoms with van der Waals surface area (Å²) in [5.41, 5.74) is 0.144. The first kappa shape index (κ1) is 21.2. The first-order chi connectivity index (χ1) is 14.3. The molecule has 0 radical (unpaired) electrons. The molecule has 30 heavy (non-hydrogen) atoms. The lowest BCUT2D eigenvalue weighted by atomic mass is 10.3. The topological polar surface area (TPSA) is 148 Å². The van der Waals surface area contributed by atoms with Crippen LogP contribution in [0.5, 0.6) is 5.75 Å². The van der Waals surface area contributed by atoms with Crippen molar-refractivity contribution in [3.63, 3.8) is 0 Å². The molecule has 0 saturated carbocycles. The number of benzene rings is 2. The SMILES string of the molecule is O=C1CN(S(=O)(=O)c2cccc(NC(=O)COc3ccc([N+](=O)[O-])cc3)c2)CCN1. The van der Waals surface area contributed by atoms with Crippen molar-refractivity contribution in [2.45, 2.75) is 4.90 Å². The van der Waals surface area contributed by atoms with E-state index in [-0.39, 0.29) is 54.2 Å². The lowest BCUT2D eigenvalue weighted by Gasteiger charge is -2.26. The predicted molar refractivity (Wildman–Crippen MR) is 105 cm³/mol. The van der Waals surface area contributed by atoms with Crippen LogP contribution in [0.1, 0.15) is 0 Å². The Labute approximate surface area is 171 Å². The monoisotopic (exact) mass is 434 g/mol. The molecule has 1 aliphatic rings. The molecule has 1 saturated heterocycles. The zero-order valence-electron chi connectivity index (χ0n) is 15.6. The van der Waals surface area contributed by atoms with Gasteiger partial charge < -0.3 is 15.4 Å². The van der Waals surface area contributed by atoms with Crippen LogP contribution in [0.4, 0.5) is 11.4 Å². The summed E-state index contributed by atoms with van der Waals surface area (Å²) < 4.78 is 31.8. The van der Waals surface area contributed by atoms with Gasteiger partial charge in [0.15, 0.2) is 6.61 Å². The van der Waals surface area contributed by atoms with Crippen LogP contribution in [-0.2, 0) is 19.6 Å². The Balaban J connectivity index is 1.62. The Morgan fingerprint density at radius 2 is 1.97 bits per heavy atom. The van der Waals surface area contributed by atoms with E-state index in [4.69, 9.17) is 4.74 Å². The zero-order chi connectivity index (χ0) is 21.7. The van der Waals surface area contributed by atoms with Gasteiger partial charge in [-0.25, -0.2) is 8.42 Å². The number of nitro benzene ring substituents is 1. The second kappa shape index (κ2) is 8.88. The van der Waals surface area contributed by atoms with Gasteiger partial charge in [-0.3, -0.25) is 19.7 Å². The van der Waals surface area contributed by atoms with Crippen molar-refractivity contribution in [3.05, 3.63) is 58.6 Å². The third-order valence-corrected chi connectivity index (χ3v) is 6.02. The van der Waals surface area contributed by atoms with E-state index in [1.807, 2.05) is 0 Å². The number of nitrogens with one attached hydrogen (secondary N) is 2. The fourth-order valence-corrected chi connectivity index (χ4v) is 4.16. The van der Waals surface area contributed by atoms with Crippen LogP contribution in [0, 0.1) is 10.1 Å². The highest BCUT2D eigenvalue weighted by molar-refractivity contribution is 7.89. The molecule has 2 aromatic rings. The fourth-order valence-electron chi connectivity index (χ4n) is 2.71. The van der Waals surface area contributed by atoms with Crippen LogP contribution in [0.3, 0.4) is 0 Å². The molecule has 0 atom stereocenters. The third kappa shape index (κ3) is 5.10.